The number of carbonyl (C=O) groups excluding carboxylic acids is 1. The minimum Gasteiger partial charge on any atom is -0.455 e. The first-order chi connectivity index (χ1) is 24.9. The number of fused-ring (bicyclic) bond motifs is 10. The molecule has 0 unspecified atom stereocenters. The number of nitrogens with one attached hydrogen (secondary N) is 2. The summed E-state index contributed by atoms with van der Waals surface area (Å²) in [6, 6.07) is 18.9. The molecule has 5 aromatic rings. The second-order valence-corrected chi connectivity index (χ2v) is 15.1. The number of aromatic amines is 2. The Labute approximate surface area is 305 Å². The summed E-state index contributed by atoms with van der Waals surface area (Å²) in [4.78, 5) is 30.8. The molecule has 3 aromatic heterocycles. The highest BCUT2D eigenvalue weighted by Crippen LogP contribution is 2.54. The van der Waals surface area contributed by atoms with E-state index >= 15 is 0 Å². The molecule has 3 aliphatic rings. The number of benzene rings is 2. The van der Waals surface area contributed by atoms with Gasteiger partial charge < -0.3 is 14.7 Å². The molecule has 2 aromatic carbocycles. The number of H-pyrrole nitrogens is 2. The van der Waals surface area contributed by atoms with Crippen molar-refractivity contribution in [3.63, 3.8) is 0 Å². The van der Waals surface area contributed by atoms with Crippen LogP contribution in [-0.2, 0) is 18.3 Å². The molecule has 0 atom stereocenters. The Balaban J connectivity index is 1.56. The molecule has 6 nitrogen and oxygen atoms in total. The van der Waals surface area contributed by atoms with Crippen molar-refractivity contribution < 1.29 is 9.53 Å². The Morgan fingerprint density at radius 3 is 1.65 bits per heavy atom. The highest BCUT2D eigenvalue weighted by molar-refractivity contribution is 6.03. The molecule has 0 spiro atoms. The summed E-state index contributed by atoms with van der Waals surface area (Å²) in [5, 5.41) is 0. The third-order valence-electron chi connectivity index (χ3n) is 12.0. The number of aldehydes is 1. The van der Waals surface area contributed by atoms with Gasteiger partial charge in [0.2, 0.25) is 0 Å². The third kappa shape index (κ3) is 4.80. The number of allylic oxidation sites excluding steroid dienone is 4. The molecule has 3 aliphatic heterocycles. The topological polar surface area (TPSA) is 83.7 Å². The molecule has 8 rings (SSSR count). The fourth-order valence-electron chi connectivity index (χ4n) is 8.51. The lowest BCUT2D eigenvalue weighted by Gasteiger charge is -2.36. The molecule has 6 heterocycles. The van der Waals surface area contributed by atoms with Gasteiger partial charge >= 0.3 is 0 Å². The van der Waals surface area contributed by atoms with Gasteiger partial charge in [-0.1, -0.05) is 58.0 Å². The molecule has 0 aliphatic carbocycles. The van der Waals surface area contributed by atoms with Crippen LogP contribution in [0.3, 0.4) is 0 Å². The van der Waals surface area contributed by atoms with Gasteiger partial charge in [-0.2, -0.15) is 0 Å². The van der Waals surface area contributed by atoms with E-state index in [4.69, 9.17) is 14.7 Å². The van der Waals surface area contributed by atoms with E-state index in [-0.39, 0.29) is 0 Å². The van der Waals surface area contributed by atoms with Gasteiger partial charge in [-0.25, -0.2) is 9.97 Å². The summed E-state index contributed by atoms with van der Waals surface area (Å²) in [6.07, 6.45) is 2.72. The maximum atomic E-state index is 12.3. The minimum absolute atomic E-state index is 0.416. The average Bonchev–Trinajstić information content (AvgIpc) is 3.78. The molecule has 8 bridgehead atoms. The number of nitrogens with zero attached hydrogens (tertiary/aromatic N) is 2. The summed E-state index contributed by atoms with van der Waals surface area (Å²) >= 11 is 0. The van der Waals surface area contributed by atoms with E-state index in [1.54, 1.807) is 0 Å². The Hall–Kier alpha value is -5.49. The van der Waals surface area contributed by atoms with Crippen LogP contribution < -0.4 is 4.74 Å². The number of aromatic nitrogens is 4. The summed E-state index contributed by atoms with van der Waals surface area (Å²) in [6.45, 7) is 21.9. The van der Waals surface area contributed by atoms with E-state index in [1.807, 2.05) is 12.1 Å². The SMILES string of the molecule is CCc1c(C)c2cc3nc(c(-c4cccc5c4Oc4c(C=O)cccc4C5(C)C)c4nc(cc5[nH]c(cc1[nH]2)c(CC)c5C)C(C)=C4C)C(C)=C3C. The molecule has 0 amide bonds. The van der Waals surface area contributed by atoms with Crippen molar-refractivity contribution in [2.24, 2.45) is 0 Å². The standard InChI is InChI=1S/C46H46N4O2/c1-11-30-27(7)37-19-35-23(3)25(5)42(49-35)41(32-16-14-18-34-45(32)52-44-29(22-51)15-13-17-33(44)46(34,9)10)43-26(6)24(4)36(50-43)20-38-28(8)31(12-2)40(48-38)21-39(30)47-37/h13-22,47-48H,11-12H2,1-10H3. The van der Waals surface area contributed by atoms with E-state index in [1.165, 1.54) is 22.3 Å². The first kappa shape index (κ1) is 33.6. The Bertz CT molecular complexity index is 2510. The van der Waals surface area contributed by atoms with E-state index in [0.29, 0.717) is 11.3 Å². The van der Waals surface area contributed by atoms with Crippen LogP contribution in [0.1, 0.15) is 122 Å². The number of hydrogen-bond donors (Lipinski definition) is 2. The number of para-hydroxylation sites is 2. The number of ether oxygens (including phenoxy) is 1. The monoisotopic (exact) mass is 686 g/mol. The smallest absolute Gasteiger partial charge is 0.153 e. The van der Waals surface area contributed by atoms with Crippen LogP contribution in [-0.4, -0.2) is 26.2 Å². The highest BCUT2D eigenvalue weighted by Gasteiger charge is 2.38. The molecule has 2 N–H and O–H groups in total. The fraction of sp³-hybridized carbons (Fsp3) is 0.283. The Kier molecular flexibility index (Phi) is 7.79. The fourth-order valence-corrected chi connectivity index (χ4v) is 8.51. The lowest BCUT2D eigenvalue weighted by atomic mass is 9.74. The Morgan fingerprint density at radius 1 is 0.654 bits per heavy atom. The summed E-state index contributed by atoms with van der Waals surface area (Å²) in [5.74, 6) is 1.35. The van der Waals surface area contributed by atoms with Crippen molar-refractivity contribution in [3.05, 3.63) is 116 Å². The molecular formula is C46H46N4O2. The molecule has 262 valence electrons. The minimum atomic E-state index is -0.416. The van der Waals surface area contributed by atoms with Crippen molar-refractivity contribution in [2.75, 3.05) is 0 Å². The van der Waals surface area contributed by atoms with Crippen LogP contribution >= 0.6 is 0 Å². The first-order valence-electron chi connectivity index (χ1n) is 18.4. The molecule has 0 fully saturated rings. The lowest BCUT2D eigenvalue weighted by Crippen LogP contribution is -2.25. The van der Waals surface area contributed by atoms with E-state index < -0.39 is 5.41 Å². The number of aryl methyl sites for hydroxylation is 4. The van der Waals surface area contributed by atoms with Crippen LogP contribution in [0.15, 0.2) is 54.6 Å². The zero-order valence-corrected chi connectivity index (χ0v) is 31.9. The van der Waals surface area contributed by atoms with Gasteiger partial charge in [0.15, 0.2) is 6.29 Å². The van der Waals surface area contributed by atoms with Gasteiger partial charge in [0.1, 0.15) is 11.5 Å². The largest absolute Gasteiger partial charge is 0.455 e. The zero-order valence-electron chi connectivity index (χ0n) is 31.9. The van der Waals surface area contributed by atoms with E-state index in [0.717, 1.165) is 114 Å². The van der Waals surface area contributed by atoms with E-state index in [2.05, 4.69) is 122 Å². The van der Waals surface area contributed by atoms with Crippen molar-refractivity contribution in [2.45, 2.75) is 87.5 Å². The maximum absolute atomic E-state index is 12.3. The normalized spacial score (nSPS) is 14.7. The second kappa shape index (κ2) is 12.0. The molecule has 52 heavy (non-hydrogen) atoms. The van der Waals surface area contributed by atoms with Gasteiger partial charge in [0.05, 0.1) is 28.3 Å². The van der Waals surface area contributed by atoms with Crippen LogP contribution in [0, 0.1) is 13.8 Å². The van der Waals surface area contributed by atoms with Gasteiger partial charge in [0.25, 0.3) is 0 Å². The third-order valence-corrected chi connectivity index (χ3v) is 12.0. The molecule has 0 saturated heterocycles. The summed E-state index contributed by atoms with van der Waals surface area (Å²) in [5.41, 5.74) is 21.5. The van der Waals surface area contributed by atoms with Gasteiger partial charge in [-0.3, -0.25) is 4.79 Å². The predicted octanol–water partition coefficient (Wildman–Crippen LogP) is 11.9. The average molecular weight is 687 g/mol. The lowest BCUT2D eigenvalue weighted by molar-refractivity contribution is 0.112. The molecule has 6 heteroatoms. The van der Waals surface area contributed by atoms with Crippen molar-refractivity contribution >= 4 is 50.6 Å². The highest BCUT2D eigenvalue weighted by atomic mass is 16.5. The quantitative estimate of drug-likeness (QED) is 0.184. The van der Waals surface area contributed by atoms with Crippen molar-refractivity contribution in [3.8, 4) is 22.6 Å². The van der Waals surface area contributed by atoms with Crippen molar-refractivity contribution in [1.82, 2.24) is 19.9 Å². The van der Waals surface area contributed by atoms with Crippen molar-refractivity contribution in [1.29, 1.82) is 0 Å². The van der Waals surface area contributed by atoms with Crippen LogP contribution in [0.5, 0.6) is 11.5 Å². The summed E-state index contributed by atoms with van der Waals surface area (Å²) in [7, 11) is 0. The van der Waals surface area contributed by atoms with Crippen LogP contribution in [0.25, 0.3) is 55.5 Å². The zero-order chi connectivity index (χ0) is 36.8. The molecular weight excluding hydrogens is 641 g/mol. The first-order valence-corrected chi connectivity index (χ1v) is 18.4. The maximum Gasteiger partial charge on any atom is 0.153 e. The van der Waals surface area contributed by atoms with Gasteiger partial charge in [-0.15, -0.1) is 0 Å². The number of carbonyl (C=O) groups is 1. The number of hydrogen-bond acceptors (Lipinski definition) is 4. The second-order valence-electron chi connectivity index (χ2n) is 15.1. The van der Waals surface area contributed by atoms with Crippen LogP contribution in [0.2, 0.25) is 0 Å². The van der Waals surface area contributed by atoms with Gasteiger partial charge in [-0.05, 0) is 123 Å². The number of rotatable bonds is 4. The summed E-state index contributed by atoms with van der Waals surface area (Å²) < 4.78 is 6.88. The van der Waals surface area contributed by atoms with E-state index in [9.17, 15) is 4.79 Å². The van der Waals surface area contributed by atoms with Gasteiger partial charge in [0, 0.05) is 49.7 Å². The molecule has 0 saturated carbocycles. The van der Waals surface area contributed by atoms with Crippen LogP contribution in [0.4, 0.5) is 0 Å². The molecule has 0 radical (unpaired) electrons. The predicted molar refractivity (Wildman–Crippen MR) is 215 cm³/mol. The Morgan fingerprint density at radius 2 is 1.15 bits per heavy atom.